The first kappa shape index (κ1) is 16.2. The highest BCUT2D eigenvalue weighted by molar-refractivity contribution is 5.55. The fourth-order valence-electron chi connectivity index (χ4n) is 2.87. The summed E-state index contributed by atoms with van der Waals surface area (Å²) >= 11 is 0. The molecule has 0 spiro atoms. The van der Waals surface area contributed by atoms with Gasteiger partial charge in [0.1, 0.15) is 5.82 Å². The van der Waals surface area contributed by atoms with E-state index in [-0.39, 0.29) is 11.9 Å². The van der Waals surface area contributed by atoms with Crippen molar-refractivity contribution in [2.24, 2.45) is 0 Å². The van der Waals surface area contributed by atoms with Crippen LogP contribution in [0.15, 0.2) is 18.2 Å². The van der Waals surface area contributed by atoms with E-state index in [9.17, 15) is 4.39 Å². The monoisotopic (exact) mass is 294 g/mol. The lowest BCUT2D eigenvalue weighted by atomic mass is 10.1. The van der Waals surface area contributed by atoms with Crippen molar-refractivity contribution in [3.8, 4) is 0 Å². The largest absolute Gasteiger partial charge is 0.376 e. The molecule has 1 atom stereocenters. The minimum absolute atomic E-state index is 0.134. The van der Waals surface area contributed by atoms with Crippen molar-refractivity contribution in [2.45, 2.75) is 45.8 Å². The molecule has 0 saturated carbocycles. The number of ether oxygens (including phenoxy) is 1. The van der Waals surface area contributed by atoms with Crippen molar-refractivity contribution in [3.63, 3.8) is 0 Å². The number of halogens is 1. The number of benzene rings is 1. The Balaban J connectivity index is 2.13. The van der Waals surface area contributed by atoms with Gasteiger partial charge < -0.3 is 15.0 Å². The number of hydrogen-bond acceptors (Lipinski definition) is 3. The van der Waals surface area contributed by atoms with Gasteiger partial charge in [0.25, 0.3) is 0 Å². The van der Waals surface area contributed by atoms with E-state index in [1.54, 1.807) is 12.1 Å². The van der Waals surface area contributed by atoms with Gasteiger partial charge >= 0.3 is 0 Å². The molecule has 1 N–H and O–H groups in total. The number of nitrogens with one attached hydrogen (secondary N) is 1. The average Bonchev–Trinajstić information content (AvgIpc) is 2.99. The first-order chi connectivity index (χ1) is 10.3. The molecular weight excluding hydrogens is 267 g/mol. The van der Waals surface area contributed by atoms with Crippen molar-refractivity contribution < 1.29 is 9.13 Å². The zero-order valence-corrected chi connectivity index (χ0v) is 13.2. The van der Waals surface area contributed by atoms with E-state index in [1.165, 1.54) is 0 Å². The standard InChI is InChI=1S/C17H27FN2O/c1-3-10-19-12-14-7-5-9-16(18)17(14)20(4-2)13-15-8-6-11-21-15/h5,7,9,15,19H,3-4,6,8,10-13H2,1-2H3. The molecule has 0 aliphatic carbocycles. The van der Waals surface area contributed by atoms with Crippen molar-refractivity contribution in [1.82, 2.24) is 5.32 Å². The molecule has 1 aliphatic heterocycles. The van der Waals surface area contributed by atoms with Gasteiger partial charge in [0, 0.05) is 26.2 Å². The summed E-state index contributed by atoms with van der Waals surface area (Å²) in [6, 6.07) is 5.36. The van der Waals surface area contributed by atoms with Gasteiger partial charge in [0.05, 0.1) is 11.8 Å². The van der Waals surface area contributed by atoms with Gasteiger partial charge in [-0.15, -0.1) is 0 Å². The molecule has 2 rings (SSSR count). The lowest BCUT2D eigenvalue weighted by Gasteiger charge is -2.28. The number of para-hydroxylation sites is 1. The normalized spacial score (nSPS) is 18.1. The molecule has 1 aliphatic rings. The Labute approximate surface area is 127 Å². The lowest BCUT2D eigenvalue weighted by Crippen LogP contribution is -2.34. The zero-order valence-electron chi connectivity index (χ0n) is 13.2. The Bertz CT molecular complexity index is 433. The summed E-state index contributed by atoms with van der Waals surface area (Å²) in [5, 5.41) is 3.37. The van der Waals surface area contributed by atoms with Crippen LogP contribution in [0.2, 0.25) is 0 Å². The van der Waals surface area contributed by atoms with Crippen LogP contribution < -0.4 is 10.2 Å². The average molecular weight is 294 g/mol. The topological polar surface area (TPSA) is 24.5 Å². The smallest absolute Gasteiger partial charge is 0.146 e. The molecular formula is C17H27FN2O. The summed E-state index contributed by atoms with van der Waals surface area (Å²) in [4.78, 5) is 2.12. The second kappa shape index (κ2) is 8.35. The van der Waals surface area contributed by atoms with Gasteiger partial charge in [-0.3, -0.25) is 0 Å². The number of nitrogens with zero attached hydrogens (tertiary/aromatic N) is 1. The fraction of sp³-hybridized carbons (Fsp3) is 0.647. The summed E-state index contributed by atoms with van der Waals surface area (Å²) in [7, 11) is 0. The molecule has 1 aromatic carbocycles. The zero-order chi connectivity index (χ0) is 15.1. The quantitative estimate of drug-likeness (QED) is 0.744. The molecule has 0 radical (unpaired) electrons. The molecule has 1 fully saturated rings. The van der Waals surface area contributed by atoms with E-state index in [0.717, 1.165) is 56.8 Å². The van der Waals surface area contributed by atoms with Crippen LogP contribution in [0, 0.1) is 5.82 Å². The first-order valence-electron chi connectivity index (χ1n) is 8.10. The number of hydrogen-bond donors (Lipinski definition) is 1. The molecule has 118 valence electrons. The van der Waals surface area contributed by atoms with Gasteiger partial charge in [0.15, 0.2) is 0 Å². The lowest BCUT2D eigenvalue weighted by molar-refractivity contribution is 0.115. The third-order valence-corrected chi connectivity index (χ3v) is 3.96. The van der Waals surface area contributed by atoms with Crippen molar-refractivity contribution in [3.05, 3.63) is 29.6 Å². The first-order valence-corrected chi connectivity index (χ1v) is 8.10. The molecule has 3 nitrogen and oxygen atoms in total. The summed E-state index contributed by atoms with van der Waals surface area (Å²) in [5.41, 5.74) is 1.77. The van der Waals surface area contributed by atoms with Crippen LogP contribution in [0.4, 0.5) is 10.1 Å². The Kier molecular flexibility index (Phi) is 6.46. The minimum Gasteiger partial charge on any atom is -0.376 e. The predicted molar refractivity (Wildman–Crippen MR) is 85.3 cm³/mol. The number of likely N-dealkylation sites (N-methyl/N-ethyl adjacent to an activating group) is 1. The molecule has 1 unspecified atom stereocenters. The number of anilines is 1. The van der Waals surface area contributed by atoms with E-state index < -0.39 is 0 Å². The molecule has 0 bridgehead atoms. The van der Waals surface area contributed by atoms with Crippen molar-refractivity contribution >= 4 is 5.69 Å². The fourth-order valence-corrected chi connectivity index (χ4v) is 2.87. The van der Waals surface area contributed by atoms with Crippen LogP contribution in [0.5, 0.6) is 0 Å². The van der Waals surface area contributed by atoms with Crippen molar-refractivity contribution in [2.75, 3.05) is 31.1 Å². The number of rotatable bonds is 8. The van der Waals surface area contributed by atoms with Gasteiger partial charge in [-0.05, 0) is 44.4 Å². The predicted octanol–water partition coefficient (Wildman–Crippen LogP) is 3.33. The Morgan fingerprint density at radius 1 is 1.38 bits per heavy atom. The summed E-state index contributed by atoms with van der Waals surface area (Å²) in [6.45, 7) is 8.28. The molecule has 0 amide bonds. The summed E-state index contributed by atoms with van der Waals surface area (Å²) < 4.78 is 20.1. The second-order valence-electron chi connectivity index (χ2n) is 5.60. The Morgan fingerprint density at radius 3 is 2.90 bits per heavy atom. The molecule has 1 saturated heterocycles. The van der Waals surface area contributed by atoms with Crippen LogP contribution in [-0.2, 0) is 11.3 Å². The Morgan fingerprint density at radius 2 is 2.24 bits per heavy atom. The minimum atomic E-state index is -0.134. The molecule has 21 heavy (non-hydrogen) atoms. The highest BCUT2D eigenvalue weighted by Gasteiger charge is 2.22. The van der Waals surface area contributed by atoms with E-state index in [1.807, 2.05) is 6.07 Å². The highest BCUT2D eigenvalue weighted by Crippen LogP contribution is 2.26. The summed E-state index contributed by atoms with van der Waals surface area (Å²) in [5.74, 6) is -0.134. The van der Waals surface area contributed by atoms with E-state index in [0.29, 0.717) is 6.54 Å². The van der Waals surface area contributed by atoms with Gasteiger partial charge in [-0.25, -0.2) is 4.39 Å². The van der Waals surface area contributed by atoms with Gasteiger partial charge in [-0.2, -0.15) is 0 Å². The van der Waals surface area contributed by atoms with E-state index >= 15 is 0 Å². The van der Waals surface area contributed by atoms with Gasteiger partial charge in [-0.1, -0.05) is 19.1 Å². The van der Waals surface area contributed by atoms with Crippen LogP contribution in [0.25, 0.3) is 0 Å². The Hall–Kier alpha value is -1.13. The molecule has 1 aromatic rings. The third kappa shape index (κ3) is 4.42. The maximum absolute atomic E-state index is 14.4. The third-order valence-electron chi connectivity index (χ3n) is 3.96. The highest BCUT2D eigenvalue weighted by atomic mass is 19.1. The molecule has 1 heterocycles. The molecule has 4 heteroatoms. The van der Waals surface area contributed by atoms with Gasteiger partial charge in [0.2, 0.25) is 0 Å². The van der Waals surface area contributed by atoms with Crippen LogP contribution in [0.1, 0.15) is 38.7 Å². The molecule has 0 aromatic heterocycles. The maximum Gasteiger partial charge on any atom is 0.146 e. The van der Waals surface area contributed by atoms with E-state index in [4.69, 9.17) is 4.74 Å². The van der Waals surface area contributed by atoms with E-state index in [2.05, 4.69) is 24.1 Å². The van der Waals surface area contributed by atoms with Crippen LogP contribution in [-0.4, -0.2) is 32.3 Å². The van der Waals surface area contributed by atoms with Crippen LogP contribution in [0.3, 0.4) is 0 Å². The van der Waals surface area contributed by atoms with Crippen LogP contribution >= 0.6 is 0 Å². The summed E-state index contributed by atoms with van der Waals surface area (Å²) in [6.07, 6.45) is 3.51. The maximum atomic E-state index is 14.4. The second-order valence-corrected chi connectivity index (χ2v) is 5.60. The van der Waals surface area contributed by atoms with Crippen molar-refractivity contribution in [1.29, 1.82) is 0 Å². The SMILES string of the molecule is CCCNCc1cccc(F)c1N(CC)CC1CCCO1.